The number of carbonyl (C=O) groups is 8. The smallest absolute Gasteiger partial charge is 0.410 e. The summed E-state index contributed by atoms with van der Waals surface area (Å²) in [6.45, 7) is 16.2. The van der Waals surface area contributed by atoms with Gasteiger partial charge in [-0.25, -0.2) is 14.8 Å². The molecule has 72 heavy (non-hydrogen) atoms. The maximum atomic E-state index is 14.4. The van der Waals surface area contributed by atoms with Crippen LogP contribution in [0.2, 0.25) is 0 Å². The number of benzene rings is 1. The summed E-state index contributed by atoms with van der Waals surface area (Å²) in [5, 5.41) is 28.2. The van der Waals surface area contributed by atoms with Crippen LogP contribution in [-0.4, -0.2) is 138 Å². The first-order valence-electron chi connectivity index (χ1n) is 24.7. The number of imidazole rings is 2. The van der Waals surface area contributed by atoms with Crippen LogP contribution in [0.5, 0.6) is 0 Å². The minimum Gasteiger partial charge on any atom is -0.444 e. The zero-order valence-corrected chi connectivity index (χ0v) is 43.0. The van der Waals surface area contributed by atoms with E-state index in [-0.39, 0.29) is 31.6 Å². The molecule has 22 nitrogen and oxygen atoms in total. The standard InChI is InChI=1S/C50H76N12O10/c1-10-30(6)42(48(70)57-35(43(51)65)21-32-24-52-26-54-32)61-47(69)41(29(4)5)60-40(64)23-39(63)34(19-28(2)3)56-45(67)37(22-33-25-53-27-55-33)58-44(66)36(20-31-15-12-11-13-16-31)59-46(68)38-17-14-18-62(38)49(71)72-50(7,8)9/h11-13,15-16,24-30,34-39,41-42,63H,10,14,17-23H2,1-9H3,(H2,51,65)(H,52,54)(H,53,55)(H,56,67)(H,57,70)(H,58,66)(H,59,68)(H,60,64)(H,61,69)/t30-,34-,35-,36-,37-,38-,39-,41-,42-/m0/s1. The maximum Gasteiger partial charge on any atom is 0.410 e. The molecular formula is C50H76N12O10. The molecule has 11 N–H and O–H groups in total. The first kappa shape index (κ1) is 57.7. The van der Waals surface area contributed by atoms with Gasteiger partial charge >= 0.3 is 6.09 Å². The van der Waals surface area contributed by atoms with Crippen LogP contribution in [0.3, 0.4) is 0 Å². The van der Waals surface area contributed by atoms with Gasteiger partial charge in [0.2, 0.25) is 41.4 Å². The van der Waals surface area contributed by atoms with Crippen molar-refractivity contribution in [2.75, 3.05) is 6.54 Å². The number of amides is 8. The number of ether oxygens (including phenoxy) is 1. The van der Waals surface area contributed by atoms with Crippen molar-refractivity contribution in [3.05, 3.63) is 72.3 Å². The average molecular weight is 1010 g/mol. The summed E-state index contributed by atoms with van der Waals surface area (Å²) >= 11 is 0. The molecule has 3 aromatic rings. The molecule has 1 saturated heterocycles. The molecule has 9 atom stereocenters. The number of hydrogen-bond donors (Lipinski definition) is 10. The third-order valence-electron chi connectivity index (χ3n) is 12.3. The second-order valence-electron chi connectivity index (χ2n) is 20.3. The fourth-order valence-electron chi connectivity index (χ4n) is 8.25. The van der Waals surface area contributed by atoms with Gasteiger partial charge in [0, 0.05) is 49.6 Å². The van der Waals surface area contributed by atoms with E-state index in [2.05, 4.69) is 51.8 Å². The van der Waals surface area contributed by atoms with Crippen molar-refractivity contribution in [2.45, 2.75) is 168 Å². The third kappa shape index (κ3) is 18.1. The van der Waals surface area contributed by atoms with Gasteiger partial charge in [-0.05, 0) is 63.4 Å². The van der Waals surface area contributed by atoms with E-state index in [4.69, 9.17) is 10.5 Å². The quantitative estimate of drug-likeness (QED) is 0.0547. The van der Waals surface area contributed by atoms with E-state index >= 15 is 0 Å². The number of nitrogens with one attached hydrogen (secondary N) is 8. The molecule has 1 aliphatic heterocycles. The van der Waals surface area contributed by atoms with Crippen LogP contribution in [-0.2, 0) is 57.6 Å². The monoisotopic (exact) mass is 1000 g/mol. The zero-order chi connectivity index (χ0) is 53.3. The van der Waals surface area contributed by atoms with Crippen molar-refractivity contribution in [3.8, 4) is 0 Å². The van der Waals surface area contributed by atoms with Gasteiger partial charge in [0.15, 0.2) is 0 Å². The van der Waals surface area contributed by atoms with Crippen LogP contribution in [0.25, 0.3) is 0 Å². The van der Waals surface area contributed by atoms with Crippen LogP contribution >= 0.6 is 0 Å². The molecule has 0 radical (unpaired) electrons. The van der Waals surface area contributed by atoms with E-state index in [1.54, 1.807) is 65.8 Å². The maximum absolute atomic E-state index is 14.4. The molecule has 3 heterocycles. The Morgan fingerprint density at radius 3 is 1.88 bits per heavy atom. The number of nitrogens with two attached hydrogens (primary N) is 1. The molecule has 396 valence electrons. The lowest BCUT2D eigenvalue weighted by atomic mass is 9.95. The van der Waals surface area contributed by atoms with Crippen molar-refractivity contribution in [1.82, 2.24) is 56.7 Å². The van der Waals surface area contributed by atoms with Gasteiger partial charge in [-0.3, -0.25) is 38.5 Å². The fraction of sp³-hybridized carbons (Fsp3) is 0.600. The molecule has 1 aliphatic rings. The summed E-state index contributed by atoms with van der Waals surface area (Å²) in [7, 11) is 0. The number of primary amides is 1. The lowest BCUT2D eigenvalue weighted by molar-refractivity contribution is -0.135. The summed E-state index contributed by atoms with van der Waals surface area (Å²) in [5.74, 6) is -5.75. The topological polar surface area (TPSA) is 325 Å². The highest BCUT2D eigenvalue weighted by atomic mass is 16.6. The van der Waals surface area contributed by atoms with E-state index in [1.807, 2.05) is 26.8 Å². The minimum atomic E-state index is -1.47. The predicted octanol–water partition coefficient (Wildman–Crippen LogP) is 1.45. The van der Waals surface area contributed by atoms with Crippen molar-refractivity contribution in [3.63, 3.8) is 0 Å². The highest BCUT2D eigenvalue weighted by Gasteiger charge is 2.39. The van der Waals surface area contributed by atoms with E-state index in [0.29, 0.717) is 37.2 Å². The van der Waals surface area contributed by atoms with Gasteiger partial charge in [-0.15, -0.1) is 0 Å². The Hall–Kier alpha value is -6.84. The molecule has 0 saturated carbocycles. The molecule has 0 aliphatic carbocycles. The number of rotatable bonds is 26. The molecule has 2 aromatic heterocycles. The number of H-pyrrole nitrogens is 2. The summed E-state index contributed by atoms with van der Waals surface area (Å²) in [6, 6.07) is 1.22. The molecule has 4 rings (SSSR count). The Morgan fingerprint density at radius 1 is 0.764 bits per heavy atom. The summed E-state index contributed by atoms with van der Waals surface area (Å²) < 4.78 is 5.56. The number of likely N-dealkylation sites (tertiary alicyclic amines) is 1. The average Bonchev–Trinajstić information content (AvgIpc) is 4.13. The van der Waals surface area contributed by atoms with Crippen molar-refractivity contribution in [2.24, 2.45) is 23.5 Å². The SMILES string of the molecule is CC[C@H](C)[C@H](NC(=O)[C@@H](NC(=O)C[C@H](O)[C@H](CC(C)C)NC(=O)[C@H](Cc1cnc[nH]1)NC(=O)[C@H](Cc1ccccc1)NC(=O)[C@@H]1CCCN1C(=O)OC(C)(C)C)C(C)C)C(=O)N[C@@H](Cc1cnc[nH]1)C(N)=O. The Bertz CT molecular complexity index is 2250. The van der Waals surface area contributed by atoms with E-state index < -0.39 is 120 Å². The molecule has 0 spiro atoms. The van der Waals surface area contributed by atoms with Gasteiger partial charge in [-0.2, -0.15) is 0 Å². The van der Waals surface area contributed by atoms with Crippen LogP contribution in [0.15, 0.2) is 55.4 Å². The first-order chi connectivity index (χ1) is 34.0. The van der Waals surface area contributed by atoms with Gasteiger partial charge in [-0.1, -0.05) is 78.3 Å². The van der Waals surface area contributed by atoms with Crippen molar-refractivity contribution >= 4 is 47.4 Å². The second kappa shape index (κ2) is 27.1. The Kier molecular flexibility index (Phi) is 21.7. The number of aromatic nitrogens is 4. The molecule has 0 bridgehead atoms. The molecule has 22 heteroatoms. The minimum absolute atomic E-state index is 0.0429. The van der Waals surface area contributed by atoms with E-state index in [9.17, 15) is 43.5 Å². The summed E-state index contributed by atoms with van der Waals surface area (Å²) in [5.41, 5.74) is 6.58. The number of aliphatic hydroxyl groups excluding tert-OH is 1. The molecule has 8 amide bonds. The van der Waals surface area contributed by atoms with Crippen molar-refractivity contribution < 1.29 is 48.2 Å². The molecular weight excluding hydrogens is 929 g/mol. The summed E-state index contributed by atoms with van der Waals surface area (Å²) in [6.07, 6.45) is 4.77. The number of nitrogens with zero attached hydrogens (tertiary/aromatic N) is 3. The van der Waals surface area contributed by atoms with Gasteiger partial charge in [0.1, 0.15) is 41.9 Å². The zero-order valence-electron chi connectivity index (χ0n) is 43.0. The predicted molar refractivity (Wildman–Crippen MR) is 266 cm³/mol. The Morgan fingerprint density at radius 2 is 1.33 bits per heavy atom. The second-order valence-corrected chi connectivity index (χ2v) is 20.3. The van der Waals surface area contributed by atoms with E-state index in [0.717, 1.165) is 5.56 Å². The summed E-state index contributed by atoms with van der Waals surface area (Å²) in [4.78, 5) is 124. The lowest BCUT2D eigenvalue weighted by Crippen LogP contribution is -2.60. The number of hydrogen-bond acceptors (Lipinski definition) is 12. The highest BCUT2D eigenvalue weighted by Crippen LogP contribution is 2.22. The van der Waals surface area contributed by atoms with Crippen LogP contribution in [0.4, 0.5) is 4.79 Å². The Labute approximate surface area is 421 Å². The van der Waals surface area contributed by atoms with Crippen LogP contribution in [0, 0.1) is 17.8 Å². The highest BCUT2D eigenvalue weighted by molar-refractivity contribution is 5.95. The first-order valence-corrected chi connectivity index (χ1v) is 24.7. The number of aromatic amines is 2. The van der Waals surface area contributed by atoms with Gasteiger partial charge in [0.25, 0.3) is 0 Å². The molecule has 1 aromatic carbocycles. The Balaban J connectivity index is 1.50. The number of carbonyl (C=O) groups excluding carboxylic acids is 8. The van der Waals surface area contributed by atoms with E-state index in [1.165, 1.54) is 29.9 Å². The van der Waals surface area contributed by atoms with Gasteiger partial charge < -0.3 is 57.4 Å². The number of aliphatic hydroxyl groups is 1. The lowest BCUT2D eigenvalue weighted by Gasteiger charge is -2.31. The van der Waals surface area contributed by atoms with Crippen LogP contribution in [0.1, 0.15) is 111 Å². The van der Waals surface area contributed by atoms with Gasteiger partial charge in [0.05, 0.1) is 31.2 Å². The fourth-order valence-corrected chi connectivity index (χ4v) is 8.25. The molecule has 0 unspecified atom stereocenters. The largest absolute Gasteiger partial charge is 0.444 e. The van der Waals surface area contributed by atoms with Crippen LogP contribution < -0.4 is 37.6 Å². The normalized spacial score (nSPS) is 17.1. The third-order valence-corrected chi connectivity index (χ3v) is 12.3. The molecule has 1 fully saturated rings. The van der Waals surface area contributed by atoms with Crippen molar-refractivity contribution in [1.29, 1.82) is 0 Å².